The summed E-state index contributed by atoms with van der Waals surface area (Å²) in [4.78, 5) is 15.2. The smallest absolute Gasteiger partial charge is 0.337 e. The van der Waals surface area contributed by atoms with Crippen LogP contribution in [0.4, 0.5) is 5.69 Å². The first kappa shape index (κ1) is 15.8. The summed E-state index contributed by atoms with van der Waals surface area (Å²) in [6.07, 6.45) is 2.89. The molecule has 116 valence electrons. The number of ether oxygens (including phenoxy) is 2. The molecule has 0 radical (unpaired) electrons. The number of esters is 1. The molecule has 0 aliphatic heterocycles. The molecule has 2 rings (SSSR count). The van der Waals surface area contributed by atoms with Gasteiger partial charge in [0.15, 0.2) is 0 Å². The van der Waals surface area contributed by atoms with Gasteiger partial charge in [0.05, 0.1) is 31.7 Å². The van der Waals surface area contributed by atoms with Crippen molar-refractivity contribution in [3.63, 3.8) is 0 Å². The molecule has 0 atom stereocenters. The van der Waals surface area contributed by atoms with E-state index in [2.05, 4.69) is 14.4 Å². The highest BCUT2D eigenvalue weighted by atomic mass is 32.2. The van der Waals surface area contributed by atoms with Gasteiger partial charge in [-0.1, -0.05) is 0 Å². The average Bonchev–Trinajstić information content (AvgIpc) is 2.54. The molecule has 2 aromatic rings. The molecule has 0 amide bonds. The van der Waals surface area contributed by atoms with Crippen LogP contribution in [0.25, 0.3) is 0 Å². The van der Waals surface area contributed by atoms with E-state index in [9.17, 15) is 13.2 Å². The van der Waals surface area contributed by atoms with E-state index >= 15 is 0 Å². The van der Waals surface area contributed by atoms with Crippen molar-refractivity contribution in [2.75, 3.05) is 18.9 Å². The highest BCUT2D eigenvalue weighted by molar-refractivity contribution is 7.92. The second kappa shape index (κ2) is 6.44. The number of rotatable bonds is 5. The molecular weight excluding hydrogens is 308 g/mol. The summed E-state index contributed by atoms with van der Waals surface area (Å²) in [6, 6.07) is 7.17. The van der Waals surface area contributed by atoms with Gasteiger partial charge < -0.3 is 9.47 Å². The number of benzene rings is 1. The Kier molecular flexibility index (Phi) is 4.62. The van der Waals surface area contributed by atoms with Gasteiger partial charge in [-0.25, -0.2) is 13.2 Å². The van der Waals surface area contributed by atoms with Gasteiger partial charge in [0.2, 0.25) is 0 Å². The number of carbonyl (C=O) groups excluding carboxylic acids is 1. The molecule has 1 aromatic heterocycles. The van der Waals surface area contributed by atoms with Gasteiger partial charge in [-0.3, -0.25) is 9.71 Å². The fourth-order valence-electron chi connectivity index (χ4n) is 1.76. The molecule has 0 aliphatic carbocycles. The van der Waals surface area contributed by atoms with Crippen molar-refractivity contribution in [3.05, 3.63) is 48.3 Å². The first-order chi connectivity index (χ1) is 10.5. The number of hydrogen-bond acceptors (Lipinski definition) is 6. The molecule has 0 spiro atoms. The number of nitrogens with zero attached hydrogens (tertiary/aromatic N) is 1. The largest absolute Gasteiger partial charge is 0.495 e. The van der Waals surface area contributed by atoms with Crippen molar-refractivity contribution in [3.8, 4) is 5.75 Å². The fraction of sp³-hybridized carbons (Fsp3) is 0.143. The van der Waals surface area contributed by atoms with E-state index < -0.39 is 16.0 Å². The van der Waals surface area contributed by atoms with Crippen LogP contribution in [-0.2, 0) is 14.8 Å². The van der Waals surface area contributed by atoms with Crippen LogP contribution in [-0.4, -0.2) is 33.6 Å². The number of carbonyl (C=O) groups is 1. The summed E-state index contributed by atoms with van der Waals surface area (Å²) >= 11 is 0. The molecule has 0 saturated heterocycles. The van der Waals surface area contributed by atoms with Gasteiger partial charge in [0.25, 0.3) is 10.0 Å². The predicted octanol–water partition coefficient (Wildman–Crippen LogP) is 1.68. The quantitative estimate of drug-likeness (QED) is 0.842. The van der Waals surface area contributed by atoms with Crippen molar-refractivity contribution in [2.45, 2.75) is 4.90 Å². The Morgan fingerprint density at radius 2 is 2.00 bits per heavy atom. The van der Waals surface area contributed by atoms with E-state index in [1.54, 1.807) is 12.1 Å². The maximum absolute atomic E-state index is 12.5. The Bertz CT molecular complexity index is 775. The number of nitrogens with one attached hydrogen (secondary N) is 1. The van der Waals surface area contributed by atoms with Crippen molar-refractivity contribution < 1.29 is 22.7 Å². The lowest BCUT2D eigenvalue weighted by atomic mass is 10.2. The molecule has 0 bridgehead atoms. The van der Waals surface area contributed by atoms with Crippen molar-refractivity contribution in [1.29, 1.82) is 0 Å². The van der Waals surface area contributed by atoms with Crippen LogP contribution < -0.4 is 9.46 Å². The lowest BCUT2D eigenvalue weighted by Crippen LogP contribution is -2.15. The Hall–Kier alpha value is -2.61. The molecule has 1 heterocycles. The summed E-state index contributed by atoms with van der Waals surface area (Å²) < 4.78 is 37.0. The van der Waals surface area contributed by atoms with E-state index in [1.165, 1.54) is 44.8 Å². The predicted molar refractivity (Wildman–Crippen MR) is 79.4 cm³/mol. The summed E-state index contributed by atoms with van der Waals surface area (Å²) in [5.41, 5.74) is 0.405. The van der Waals surface area contributed by atoms with E-state index in [0.29, 0.717) is 5.69 Å². The van der Waals surface area contributed by atoms with Crippen LogP contribution in [0.15, 0.2) is 47.6 Å². The standard InChI is InChI=1S/C14H14N2O5S/c1-20-12-6-5-10(14(17)21-2)8-13(12)22(18,19)16-11-4-3-7-15-9-11/h3-9,16H,1-2H3. The average molecular weight is 322 g/mol. The van der Waals surface area contributed by atoms with Gasteiger partial charge in [0.1, 0.15) is 10.6 Å². The maximum atomic E-state index is 12.5. The molecule has 1 aromatic carbocycles. The number of hydrogen-bond donors (Lipinski definition) is 1. The van der Waals surface area contributed by atoms with Crippen LogP contribution >= 0.6 is 0 Å². The molecular formula is C14H14N2O5S. The van der Waals surface area contributed by atoms with Crippen LogP contribution in [0.2, 0.25) is 0 Å². The zero-order chi connectivity index (χ0) is 16.2. The van der Waals surface area contributed by atoms with Crippen LogP contribution in [0.3, 0.4) is 0 Å². The Balaban J connectivity index is 2.46. The van der Waals surface area contributed by atoms with Gasteiger partial charge in [-0.2, -0.15) is 0 Å². The first-order valence-corrected chi connectivity index (χ1v) is 7.65. The number of sulfonamides is 1. The van der Waals surface area contributed by atoms with Gasteiger partial charge >= 0.3 is 5.97 Å². The monoisotopic (exact) mass is 322 g/mol. The lowest BCUT2D eigenvalue weighted by molar-refractivity contribution is 0.0600. The van der Waals surface area contributed by atoms with Gasteiger partial charge in [0, 0.05) is 6.20 Å². The van der Waals surface area contributed by atoms with Crippen molar-refractivity contribution >= 4 is 21.7 Å². The molecule has 1 N–H and O–H groups in total. The van der Waals surface area contributed by atoms with Crippen molar-refractivity contribution in [1.82, 2.24) is 4.98 Å². The third kappa shape index (κ3) is 3.34. The Morgan fingerprint density at radius 3 is 2.59 bits per heavy atom. The third-order valence-corrected chi connectivity index (χ3v) is 4.19. The minimum absolute atomic E-state index is 0.106. The van der Waals surface area contributed by atoms with Gasteiger partial charge in [-0.15, -0.1) is 0 Å². The van der Waals surface area contributed by atoms with E-state index in [4.69, 9.17) is 4.74 Å². The first-order valence-electron chi connectivity index (χ1n) is 6.17. The highest BCUT2D eigenvalue weighted by Crippen LogP contribution is 2.27. The van der Waals surface area contributed by atoms with E-state index in [1.807, 2.05) is 0 Å². The molecule has 0 saturated carbocycles. The lowest BCUT2D eigenvalue weighted by Gasteiger charge is -2.12. The van der Waals surface area contributed by atoms with E-state index in [0.717, 1.165) is 0 Å². The van der Waals surface area contributed by atoms with Crippen LogP contribution in [0, 0.1) is 0 Å². The fourth-order valence-corrected chi connectivity index (χ4v) is 3.00. The molecule has 8 heteroatoms. The minimum Gasteiger partial charge on any atom is -0.495 e. The number of anilines is 1. The minimum atomic E-state index is -3.94. The molecule has 0 unspecified atom stereocenters. The molecule has 0 fully saturated rings. The van der Waals surface area contributed by atoms with Gasteiger partial charge in [-0.05, 0) is 30.3 Å². The number of pyridine rings is 1. The van der Waals surface area contributed by atoms with Crippen molar-refractivity contribution in [2.24, 2.45) is 0 Å². The Morgan fingerprint density at radius 1 is 1.23 bits per heavy atom. The van der Waals surface area contributed by atoms with Crippen LogP contribution in [0.1, 0.15) is 10.4 Å². The highest BCUT2D eigenvalue weighted by Gasteiger charge is 2.22. The van der Waals surface area contributed by atoms with Crippen LogP contribution in [0.5, 0.6) is 5.75 Å². The van der Waals surface area contributed by atoms with E-state index in [-0.39, 0.29) is 16.2 Å². The zero-order valence-electron chi connectivity index (χ0n) is 11.9. The summed E-state index contributed by atoms with van der Waals surface area (Å²) in [5.74, 6) is -0.524. The SMILES string of the molecule is COC(=O)c1ccc(OC)c(S(=O)(=O)Nc2cccnc2)c1. The maximum Gasteiger partial charge on any atom is 0.337 e. The number of aromatic nitrogens is 1. The Labute approximate surface area is 128 Å². The summed E-state index contributed by atoms with van der Waals surface area (Å²) in [6.45, 7) is 0. The molecule has 22 heavy (non-hydrogen) atoms. The second-order valence-electron chi connectivity index (χ2n) is 4.20. The molecule has 7 nitrogen and oxygen atoms in total. The normalized spacial score (nSPS) is 10.8. The summed E-state index contributed by atoms with van der Waals surface area (Å²) in [7, 11) is -1.38. The topological polar surface area (TPSA) is 94.6 Å². The third-order valence-electron chi connectivity index (χ3n) is 2.79. The second-order valence-corrected chi connectivity index (χ2v) is 5.86. The summed E-state index contributed by atoms with van der Waals surface area (Å²) in [5, 5.41) is 0. The zero-order valence-corrected chi connectivity index (χ0v) is 12.8. The molecule has 0 aliphatic rings. The number of methoxy groups -OCH3 is 2.